The molecule has 39 heavy (non-hydrogen) atoms. The minimum Gasteiger partial charge on any atom is -0.493 e. The van der Waals surface area contributed by atoms with Crippen LogP contribution in [0.15, 0.2) is 48.5 Å². The number of halogens is 3. The molecule has 0 N–H and O–H groups in total. The van der Waals surface area contributed by atoms with Crippen molar-refractivity contribution in [2.24, 2.45) is 5.41 Å². The largest absolute Gasteiger partial charge is 0.493 e. The maximum absolute atomic E-state index is 13.5. The van der Waals surface area contributed by atoms with Gasteiger partial charge in [-0.1, -0.05) is 36.4 Å². The van der Waals surface area contributed by atoms with Crippen LogP contribution in [-0.4, -0.2) is 42.3 Å². The lowest BCUT2D eigenvalue weighted by atomic mass is 9.88. The molecule has 0 spiro atoms. The molecule has 0 bridgehead atoms. The van der Waals surface area contributed by atoms with Gasteiger partial charge >= 0.3 is 18.2 Å². The van der Waals surface area contributed by atoms with Gasteiger partial charge in [0.25, 0.3) is 0 Å². The number of rotatable bonds is 8. The Bertz CT molecular complexity index is 1120. The van der Waals surface area contributed by atoms with Gasteiger partial charge in [0, 0.05) is 13.1 Å². The molecule has 1 fully saturated rings. The first-order valence-corrected chi connectivity index (χ1v) is 13.2. The summed E-state index contributed by atoms with van der Waals surface area (Å²) in [6, 6.07) is 12.9. The van der Waals surface area contributed by atoms with Crippen molar-refractivity contribution < 1.29 is 37.0 Å². The molecule has 214 valence electrons. The lowest BCUT2D eigenvalue weighted by Gasteiger charge is -2.34. The molecule has 0 aliphatic carbocycles. The highest BCUT2D eigenvalue weighted by atomic mass is 19.4. The van der Waals surface area contributed by atoms with Crippen LogP contribution in [0.3, 0.4) is 0 Å². The molecular formula is C30H38F3NO5. The van der Waals surface area contributed by atoms with Crippen LogP contribution in [0.2, 0.25) is 0 Å². The predicted molar refractivity (Wildman–Crippen MR) is 141 cm³/mol. The monoisotopic (exact) mass is 549 g/mol. The van der Waals surface area contributed by atoms with Gasteiger partial charge in [-0.25, -0.2) is 4.79 Å². The number of benzene rings is 2. The van der Waals surface area contributed by atoms with E-state index in [4.69, 9.17) is 14.2 Å². The Balaban J connectivity index is 1.65. The fourth-order valence-electron chi connectivity index (χ4n) is 4.31. The Morgan fingerprint density at radius 3 is 2.18 bits per heavy atom. The molecule has 2 aromatic rings. The first-order chi connectivity index (χ1) is 18.2. The number of hydrogen-bond donors (Lipinski definition) is 0. The number of alkyl halides is 3. The number of ether oxygens (including phenoxy) is 3. The minimum atomic E-state index is -4.52. The molecule has 0 unspecified atom stereocenters. The minimum absolute atomic E-state index is 0.0402. The zero-order valence-corrected chi connectivity index (χ0v) is 23.3. The third-order valence-electron chi connectivity index (χ3n) is 6.68. The molecule has 3 rings (SSSR count). The van der Waals surface area contributed by atoms with Gasteiger partial charge in [-0.05, 0) is 83.1 Å². The molecule has 1 saturated heterocycles. The first kappa shape index (κ1) is 30.3. The lowest BCUT2D eigenvalue weighted by Crippen LogP contribution is -2.41. The highest BCUT2D eigenvalue weighted by Gasteiger charge is 2.34. The molecule has 1 amide bonds. The maximum atomic E-state index is 13.5. The van der Waals surface area contributed by atoms with Gasteiger partial charge < -0.3 is 19.1 Å². The summed E-state index contributed by atoms with van der Waals surface area (Å²) in [6.45, 7) is 9.89. The Morgan fingerprint density at radius 2 is 1.59 bits per heavy atom. The SMILES string of the molecule is CC(C)(C)OC(=O)N1CCC(c2ccc(C(F)(F)F)cc2OCCC(C)(C)C(=O)OCc2ccccc2)CC1. The average molecular weight is 550 g/mol. The third-order valence-corrected chi connectivity index (χ3v) is 6.68. The van der Waals surface area contributed by atoms with Crippen LogP contribution >= 0.6 is 0 Å². The maximum Gasteiger partial charge on any atom is 0.416 e. The van der Waals surface area contributed by atoms with Crippen LogP contribution in [0.25, 0.3) is 0 Å². The van der Waals surface area contributed by atoms with Crippen molar-refractivity contribution in [3.8, 4) is 5.75 Å². The number of nitrogens with zero attached hydrogens (tertiary/aromatic N) is 1. The Hall–Kier alpha value is -3.23. The third kappa shape index (κ3) is 8.90. The second kappa shape index (κ2) is 12.3. The predicted octanol–water partition coefficient (Wildman–Crippen LogP) is 7.36. The van der Waals surface area contributed by atoms with E-state index in [2.05, 4.69) is 0 Å². The van der Waals surface area contributed by atoms with Crippen LogP contribution in [-0.2, 0) is 27.1 Å². The number of piperidine rings is 1. The van der Waals surface area contributed by atoms with E-state index < -0.39 is 34.8 Å². The number of hydrogen-bond acceptors (Lipinski definition) is 5. The van der Waals surface area contributed by atoms with Gasteiger partial charge in [0.05, 0.1) is 17.6 Å². The van der Waals surface area contributed by atoms with Crippen LogP contribution < -0.4 is 4.74 Å². The second-order valence-corrected chi connectivity index (χ2v) is 11.5. The van der Waals surface area contributed by atoms with Crippen molar-refractivity contribution in [3.05, 3.63) is 65.2 Å². The van der Waals surface area contributed by atoms with E-state index in [1.54, 1.807) is 39.5 Å². The summed E-state index contributed by atoms with van der Waals surface area (Å²) >= 11 is 0. The Morgan fingerprint density at radius 1 is 0.949 bits per heavy atom. The highest BCUT2D eigenvalue weighted by molar-refractivity contribution is 5.75. The summed E-state index contributed by atoms with van der Waals surface area (Å²) in [6.07, 6.45) is -3.52. The number of esters is 1. The van der Waals surface area contributed by atoms with Gasteiger partial charge in [0.2, 0.25) is 0 Å². The van der Waals surface area contributed by atoms with E-state index in [9.17, 15) is 22.8 Å². The highest BCUT2D eigenvalue weighted by Crippen LogP contribution is 2.39. The van der Waals surface area contributed by atoms with Gasteiger partial charge in [0.1, 0.15) is 18.0 Å². The molecule has 2 aromatic carbocycles. The van der Waals surface area contributed by atoms with Crippen molar-refractivity contribution in [3.63, 3.8) is 0 Å². The van der Waals surface area contributed by atoms with Crippen LogP contribution in [0.4, 0.5) is 18.0 Å². The van der Waals surface area contributed by atoms with Gasteiger partial charge in [-0.15, -0.1) is 0 Å². The molecule has 0 saturated carbocycles. The molecule has 0 atom stereocenters. The summed E-state index contributed by atoms with van der Waals surface area (Å²) in [5.41, 5.74) is -0.770. The van der Waals surface area contributed by atoms with E-state index in [1.165, 1.54) is 6.07 Å². The smallest absolute Gasteiger partial charge is 0.416 e. The summed E-state index contributed by atoms with van der Waals surface area (Å²) in [5.74, 6) is -0.340. The molecule has 1 aliphatic rings. The summed E-state index contributed by atoms with van der Waals surface area (Å²) < 4.78 is 57.2. The van der Waals surface area contributed by atoms with Crippen molar-refractivity contribution in [1.82, 2.24) is 4.90 Å². The first-order valence-electron chi connectivity index (χ1n) is 13.2. The van der Waals surface area contributed by atoms with E-state index in [-0.39, 0.29) is 31.3 Å². The van der Waals surface area contributed by atoms with Crippen LogP contribution in [0, 0.1) is 5.41 Å². The van der Waals surface area contributed by atoms with E-state index in [1.807, 2.05) is 30.3 Å². The number of carbonyl (C=O) groups excluding carboxylic acids is 2. The number of carbonyl (C=O) groups is 2. The molecule has 0 aromatic heterocycles. The number of amides is 1. The zero-order valence-electron chi connectivity index (χ0n) is 23.3. The second-order valence-electron chi connectivity index (χ2n) is 11.5. The summed E-state index contributed by atoms with van der Waals surface area (Å²) in [5, 5.41) is 0. The van der Waals surface area contributed by atoms with Crippen LogP contribution in [0.5, 0.6) is 5.75 Å². The molecule has 0 radical (unpaired) electrons. The summed E-state index contributed by atoms with van der Waals surface area (Å²) in [7, 11) is 0. The fraction of sp³-hybridized carbons (Fsp3) is 0.533. The van der Waals surface area contributed by atoms with E-state index in [0.29, 0.717) is 31.5 Å². The van der Waals surface area contributed by atoms with Gasteiger partial charge in [-0.3, -0.25) is 4.79 Å². The molecule has 6 nitrogen and oxygen atoms in total. The van der Waals surface area contributed by atoms with Crippen molar-refractivity contribution in [1.29, 1.82) is 0 Å². The zero-order chi connectivity index (χ0) is 28.8. The average Bonchev–Trinajstić information content (AvgIpc) is 2.86. The van der Waals surface area contributed by atoms with E-state index >= 15 is 0 Å². The molecule has 1 heterocycles. The van der Waals surface area contributed by atoms with Gasteiger partial charge in [0.15, 0.2) is 0 Å². The fourth-order valence-corrected chi connectivity index (χ4v) is 4.31. The number of likely N-dealkylation sites (tertiary alicyclic amines) is 1. The van der Waals surface area contributed by atoms with Crippen LogP contribution in [0.1, 0.15) is 76.5 Å². The van der Waals surface area contributed by atoms with Crippen molar-refractivity contribution in [2.45, 2.75) is 78.2 Å². The van der Waals surface area contributed by atoms with E-state index in [0.717, 1.165) is 17.7 Å². The molecule has 9 heteroatoms. The Labute approximate surface area is 228 Å². The molecular weight excluding hydrogens is 511 g/mol. The standard InChI is InChI=1S/C30H38F3NO5/c1-28(2,3)39-27(36)34-16-13-22(14-17-34)24-12-11-23(30(31,32)33)19-25(24)37-18-15-29(4,5)26(35)38-20-21-9-7-6-8-10-21/h6-12,19,22H,13-18,20H2,1-5H3. The van der Waals surface area contributed by atoms with Crippen molar-refractivity contribution in [2.75, 3.05) is 19.7 Å². The Kier molecular flexibility index (Phi) is 9.56. The quantitative estimate of drug-likeness (QED) is 0.322. The van der Waals surface area contributed by atoms with Crippen molar-refractivity contribution >= 4 is 12.1 Å². The van der Waals surface area contributed by atoms with Gasteiger partial charge in [-0.2, -0.15) is 13.2 Å². The molecule has 1 aliphatic heterocycles. The normalized spacial score (nSPS) is 15.1. The summed E-state index contributed by atoms with van der Waals surface area (Å²) in [4.78, 5) is 26.7. The lowest BCUT2D eigenvalue weighted by molar-refractivity contribution is -0.156. The topological polar surface area (TPSA) is 65.1 Å².